The van der Waals surface area contributed by atoms with Crippen LogP contribution in [-0.4, -0.2) is 5.11 Å². The molecule has 2 nitrogen and oxygen atoms in total. The third-order valence-corrected chi connectivity index (χ3v) is 2.07. The van der Waals surface area contributed by atoms with Crippen LogP contribution in [0.1, 0.15) is 16.7 Å². The van der Waals surface area contributed by atoms with Crippen molar-refractivity contribution in [1.82, 2.24) is 0 Å². The smallest absolute Gasteiger partial charge is 0.420 e. The lowest BCUT2D eigenvalue weighted by atomic mass is 10.0. The molecule has 0 saturated carbocycles. The third kappa shape index (κ3) is 2.63. The molecule has 0 aliphatic heterocycles. The zero-order chi connectivity index (χ0) is 13.4. The van der Waals surface area contributed by atoms with E-state index in [4.69, 9.17) is 10.8 Å². The summed E-state index contributed by atoms with van der Waals surface area (Å²) < 4.78 is 74.3. The van der Waals surface area contributed by atoms with E-state index in [1.54, 1.807) is 0 Å². The summed E-state index contributed by atoms with van der Waals surface area (Å²) in [6.07, 6.45) is -10.2. The molecule has 0 aliphatic rings. The number of phenols is 1. The second kappa shape index (κ2) is 4.10. The Kier molecular flexibility index (Phi) is 3.28. The van der Waals surface area contributed by atoms with Gasteiger partial charge >= 0.3 is 12.4 Å². The Morgan fingerprint density at radius 1 is 1.00 bits per heavy atom. The van der Waals surface area contributed by atoms with Crippen molar-refractivity contribution >= 4 is 0 Å². The number of benzene rings is 1. The first kappa shape index (κ1) is 13.6. The lowest BCUT2D eigenvalue weighted by molar-refractivity contribution is -0.145. The Morgan fingerprint density at radius 3 is 1.88 bits per heavy atom. The van der Waals surface area contributed by atoms with E-state index < -0.39 is 41.3 Å². The minimum absolute atomic E-state index is 0.368. The summed E-state index contributed by atoms with van der Waals surface area (Å²) in [6, 6.07) is 0.970. The number of halogens is 6. The van der Waals surface area contributed by atoms with Crippen molar-refractivity contribution in [1.29, 1.82) is 0 Å². The Bertz CT molecular complexity index is 423. The zero-order valence-corrected chi connectivity index (χ0v) is 8.15. The fourth-order valence-electron chi connectivity index (χ4n) is 1.35. The van der Waals surface area contributed by atoms with Crippen molar-refractivity contribution in [2.24, 2.45) is 5.73 Å². The van der Waals surface area contributed by atoms with Crippen LogP contribution < -0.4 is 5.73 Å². The number of aromatic hydroxyl groups is 1. The van der Waals surface area contributed by atoms with Crippen molar-refractivity contribution in [3.8, 4) is 5.75 Å². The first-order chi connectivity index (χ1) is 7.59. The van der Waals surface area contributed by atoms with Crippen molar-refractivity contribution in [3.05, 3.63) is 28.8 Å². The second-order valence-electron chi connectivity index (χ2n) is 3.20. The van der Waals surface area contributed by atoms with Crippen molar-refractivity contribution in [2.75, 3.05) is 0 Å². The highest BCUT2D eigenvalue weighted by Gasteiger charge is 2.42. The molecule has 1 rings (SSSR count). The van der Waals surface area contributed by atoms with Gasteiger partial charge in [0.1, 0.15) is 11.3 Å². The maximum absolute atomic E-state index is 12.5. The molecule has 3 N–H and O–H groups in total. The molecule has 8 heteroatoms. The second-order valence-corrected chi connectivity index (χ2v) is 3.20. The molecule has 1 aromatic rings. The number of rotatable bonds is 1. The van der Waals surface area contributed by atoms with E-state index in [1.807, 2.05) is 0 Å². The van der Waals surface area contributed by atoms with E-state index in [0.29, 0.717) is 12.1 Å². The molecule has 0 bridgehead atoms. The van der Waals surface area contributed by atoms with Gasteiger partial charge in [-0.05, 0) is 11.6 Å². The van der Waals surface area contributed by atoms with E-state index in [9.17, 15) is 26.3 Å². The van der Waals surface area contributed by atoms with Crippen LogP contribution in [0.2, 0.25) is 0 Å². The van der Waals surface area contributed by atoms with Crippen molar-refractivity contribution < 1.29 is 31.4 Å². The normalized spacial score (nSPS) is 12.9. The first-order valence-corrected chi connectivity index (χ1v) is 4.28. The van der Waals surface area contributed by atoms with Gasteiger partial charge in [0.25, 0.3) is 0 Å². The molecule has 0 heterocycles. The first-order valence-electron chi connectivity index (χ1n) is 4.28. The molecule has 0 atom stereocenters. The van der Waals surface area contributed by atoms with Crippen LogP contribution in [0.5, 0.6) is 5.75 Å². The van der Waals surface area contributed by atoms with Crippen LogP contribution in [0.25, 0.3) is 0 Å². The fourth-order valence-corrected chi connectivity index (χ4v) is 1.35. The summed E-state index contributed by atoms with van der Waals surface area (Å²) in [6.45, 7) is -0.624. The van der Waals surface area contributed by atoms with Crippen LogP contribution in [-0.2, 0) is 18.9 Å². The van der Waals surface area contributed by atoms with Gasteiger partial charge < -0.3 is 10.8 Å². The van der Waals surface area contributed by atoms with Gasteiger partial charge in [-0.3, -0.25) is 0 Å². The zero-order valence-electron chi connectivity index (χ0n) is 8.15. The van der Waals surface area contributed by atoms with Crippen LogP contribution in [0.15, 0.2) is 12.1 Å². The number of hydrogen-bond acceptors (Lipinski definition) is 2. The van der Waals surface area contributed by atoms with E-state index in [0.717, 1.165) is 0 Å². The predicted molar refractivity (Wildman–Crippen MR) is 46.0 cm³/mol. The standard InChI is InChI=1S/C9H7F6NO/c10-8(11,12)5-2-1-4(3-16)6(7(5)17)9(13,14)15/h1-2,17H,3,16H2. The Morgan fingerprint density at radius 2 is 1.53 bits per heavy atom. The van der Waals surface area contributed by atoms with E-state index >= 15 is 0 Å². The highest BCUT2D eigenvalue weighted by atomic mass is 19.4. The molecule has 0 unspecified atom stereocenters. The van der Waals surface area contributed by atoms with Gasteiger partial charge in [0.2, 0.25) is 0 Å². The molecule has 1 aromatic carbocycles. The Balaban J connectivity index is 3.55. The summed E-state index contributed by atoms with van der Waals surface area (Å²) in [5.74, 6) is -1.84. The van der Waals surface area contributed by atoms with E-state index in [-0.39, 0.29) is 0 Å². The van der Waals surface area contributed by atoms with E-state index in [2.05, 4.69) is 0 Å². The topological polar surface area (TPSA) is 46.2 Å². The largest absolute Gasteiger partial charge is 0.507 e. The Labute approximate surface area is 91.7 Å². The van der Waals surface area contributed by atoms with Crippen LogP contribution in [0.4, 0.5) is 26.3 Å². The lowest BCUT2D eigenvalue weighted by Gasteiger charge is -2.17. The maximum Gasteiger partial charge on any atom is 0.420 e. The lowest BCUT2D eigenvalue weighted by Crippen LogP contribution is -2.16. The predicted octanol–water partition coefficient (Wildman–Crippen LogP) is 2.89. The molecule has 0 spiro atoms. The highest BCUT2D eigenvalue weighted by Crippen LogP contribution is 2.44. The SMILES string of the molecule is NCc1ccc(C(F)(F)F)c(O)c1C(F)(F)F. The summed E-state index contributed by atoms with van der Waals surface area (Å²) in [7, 11) is 0. The highest BCUT2D eigenvalue weighted by molar-refractivity contribution is 5.48. The quantitative estimate of drug-likeness (QED) is 0.762. The molecular formula is C9H7F6NO. The molecule has 0 fully saturated rings. The summed E-state index contributed by atoms with van der Waals surface area (Å²) in [5.41, 5.74) is 0.913. The molecule has 0 aromatic heterocycles. The maximum atomic E-state index is 12.5. The van der Waals surface area contributed by atoms with Gasteiger partial charge in [0.05, 0.1) is 5.56 Å². The van der Waals surface area contributed by atoms with Gasteiger partial charge in [-0.2, -0.15) is 26.3 Å². The monoisotopic (exact) mass is 259 g/mol. The van der Waals surface area contributed by atoms with Crippen LogP contribution in [0.3, 0.4) is 0 Å². The van der Waals surface area contributed by atoms with Gasteiger partial charge in [-0.1, -0.05) is 6.07 Å². The number of phenolic OH excluding ortho intramolecular Hbond substituents is 1. The van der Waals surface area contributed by atoms with Crippen LogP contribution in [0, 0.1) is 0 Å². The molecule has 0 aliphatic carbocycles. The third-order valence-electron chi connectivity index (χ3n) is 2.07. The van der Waals surface area contributed by atoms with Gasteiger partial charge in [-0.25, -0.2) is 0 Å². The Hall–Kier alpha value is -1.44. The summed E-state index contributed by atoms with van der Waals surface area (Å²) in [4.78, 5) is 0. The molecular weight excluding hydrogens is 252 g/mol. The number of nitrogens with two attached hydrogens (primary N) is 1. The van der Waals surface area contributed by atoms with E-state index in [1.165, 1.54) is 0 Å². The van der Waals surface area contributed by atoms with Crippen LogP contribution >= 0.6 is 0 Å². The molecule has 0 saturated heterocycles. The van der Waals surface area contributed by atoms with Gasteiger partial charge in [0, 0.05) is 6.54 Å². The van der Waals surface area contributed by atoms with Gasteiger partial charge in [0.15, 0.2) is 0 Å². The average molecular weight is 259 g/mol. The molecule has 0 amide bonds. The van der Waals surface area contributed by atoms with Crippen molar-refractivity contribution in [3.63, 3.8) is 0 Å². The summed E-state index contributed by atoms with van der Waals surface area (Å²) >= 11 is 0. The molecule has 17 heavy (non-hydrogen) atoms. The molecule has 96 valence electrons. The minimum Gasteiger partial charge on any atom is -0.507 e. The summed E-state index contributed by atoms with van der Waals surface area (Å²) in [5, 5.41) is 9.08. The minimum atomic E-state index is -5.10. The van der Waals surface area contributed by atoms with Crippen molar-refractivity contribution in [2.45, 2.75) is 18.9 Å². The molecule has 0 radical (unpaired) electrons. The van der Waals surface area contributed by atoms with Gasteiger partial charge in [-0.15, -0.1) is 0 Å². The average Bonchev–Trinajstić information content (AvgIpc) is 2.12. The number of hydrogen-bond donors (Lipinski definition) is 2. The fraction of sp³-hybridized carbons (Fsp3) is 0.333. The number of alkyl halides is 6.